The molecule has 1 aliphatic heterocycles. The molecule has 1 fully saturated rings. The molecular formula is C24H35N5O7. The van der Waals surface area contributed by atoms with Crippen molar-refractivity contribution in [3.8, 4) is 5.75 Å². The standard InChI is InChI=1S/C24H35N5O7/c1-13(2)10-16(25)21(32)27-17(11-14-5-7-15(30)8-6-14)22(33)28-18(12-20(26)31)23(34)29-9-3-4-19(29)24(35)36/h5-8,13,16-19,30H,3-4,9-12,25H2,1-2H3,(H2,26,31)(H,27,32)(H,28,33)(H,35,36). The molecule has 1 aromatic carbocycles. The van der Waals surface area contributed by atoms with Gasteiger partial charge in [-0.1, -0.05) is 26.0 Å². The lowest BCUT2D eigenvalue weighted by Crippen LogP contribution is -2.58. The highest BCUT2D eigenvalue weighted by molar-refractivity contribution is 5.96. The fourth-order valence-electron chi connectivity index (χ4n) is 4.13. The molecule has 36 heavy (non-hydrogen) atoms. The Hall–Kier alpha value is -3.67. The van der Waals surface area contributed by atoms with Crippen molar-refractivity contribution in [3.63, 3.8) is 0 Å². The number of nitrogens with zero attached hydrogens (tertiary/aromatic N) is 1. The second-order valence-electron chi connectivity index (χ2n) is 9.43. The van der Waals surface area contributed by atoms with E-state index in [-0.39, 0.29) is 31.1 Å². The van der Waals surface area contributed by atoms with Gasteiger partial charge in [-0.15, -0.1) is 0 Å². The van der Waals surface area contributed by atoms with Crippen LogP contribution in [0.15, 0.2) is 24.3 Å². The number of benzene rings is 1. The molecule has 0 spiro atoms. The second kappa shape index (κ2) is 12.9. The third-order valence-corrected chi connectivity index (χ3v) is 5.91. The number of hydrogen-bond acceptors (Lipinski definition) is 7. The number of rotatable bonds is 12. The van der Waals surface area contributed by atoms with Gasteiger partial charge in [0.1, 0.15) is 23.9 Å². The van der Waals surface area contributed by atoms with Crippen molar-refractivity contribution in [1.82, 2.24) is 15.5 Å². The fraction of sp³-hybridized carbons (Fsp3) is 0.542. The summed E-state index contributed by atoms with van der Waals surface area (Å²) in [5, 5.41) is 24.0. The van der Waals surface area contributed by atoms with E-state index in [1.54, 1.807) is 12.1 Å². The number of carbonyl (C=O) groups excluding carboxylic acids is 4. The molecule has 1 heterocycles. The number of aromatic hydroxyl groups is 1. The average molecular weight is 506 g/mol. The number of carbonyl (C=O) groups is 5. The number of primary amides is 1. The van der Waals surface area contributed by atoms with Crippen LogP contribution in [0.1, 0.15) is 45.1 Å². The number of hydrogen-bond donors (Lipinski definition) is 6. The summed E-state index contributed by atoms with van der Waals surface area (Å²) in [5.74, 6) is -3.95. The Bertz CT molecular complexity index is 966. The third kappa shape index (κ3) is 8.22. The maximum Gasteiger partial charge on any atom is 0.326 e. The van der Waals surface area contributed by atoms with E-state index in [1.807, 2.05) is 13.8 Å². The molecule has 198 valence electrons. The molecule has 4 unspecified atom stereocenters. The molecule has 2 rings (SSSR count). The Labute approximate surface area is 209 Å². The minimum absolute atomic E-state index is 0.00516. The summed E-state index contributed by atoms with van der Waals surface area (Å²) >= 11 is 0. The molecule has 12 nitrogen and oxygen atoms in total. The number of nitrogens with two attached hydrogens (primary N) is 2. The second-order valence-corrected chi connectivity index (χ2v) is 9.43. The summed E-state index contributed by atoms with van der Waals surface area (Å²) in [6.07, 6.45) is 0.567. The highest BCUT2D eigenvalue weighted by Gasteiger charge is 2.39. The van der Waals surface area contributed by atoms with Crippen molar-refractivity contribution in [2.45, 2.75) is 70.1 Å². The number of phenols is 1. The van der Waals surface area contributed by atoms with Gasteiger partial charge in [-0.25, -0.2) is 4.79 Å². The van der Waals surface area contributed by atoms with Gasteiger partial charge in [0, 0.05) is 13.0 Å². The molecule has 1 aromatic rings. The average Bonchev–Trinajstić information content (AvgIpc) is 3.28. The molecule has 0 bridgehead atoms. The van der Waals surface area contributed by atoms with Crippen LogP contribution >= 0.6 is 0 Å². The SMILES string of the molecule is CC(C)CC(N)C(=O)NC(Cc1ccc(O)cc1)C(=O)NC(CC(N)=O)C(=O)N1CCCC1C(=O)O. The minimum atomic E-state index is -1.40. The first-order valence-electron chi connectivity index (χ1n) is 11.8. The number of likely N-dealkylation sites (tertiary alicyclic amines) is 1. The molecule has 0 aliphatic carbocycles. The lowest BCUT2D eigenvalue weighted by atomic mass is 10.0. The van der Waals surface area contributed by atoms with Crippen molar-refractivity contribution in [1.29, 1.82) is 0 Å². The monoisotopic (exact) mass is 505 g/mol. The van der Waals surface area contributed by atoms with Crippen LogP contribution < -0.4 is 22.1 Å². The van der Waals surface area contributed by atoms with Crippen LogP contribution in [0.3, 0.4) is 0 Å². The van der Waals surface area contributed by atoms with Gasteiger partial charge in [0.15, 0.2) is 0 Å². The van der Waals surface area contributed by atoms with Crippen molar-refractivity contribution < 1.29 is 34.2 Å². The maximum absolute atomic E-state index is 13.3. The number of carboxylic acid groups (broad SMARTS) is 1. The van der Waals surface area contributed by atoms with Gasteiger partial charge in [-0.2, -0.15) is 0 Å². The molecule has 1 aliphatic rings. The predicted octanol–water partition coefficient (Wildman–Crippen LogP) is -0.771. The summed E-state index contributed by atoms with van der Waals surface area (Å²) in [6, 6.07) is 1.49. The Morgan fingerprint density at radius 3 is 2.22 bits per heavy atom. The van der Waals surface area contributed by atoms with E-state index in [1.165, 1.54) is 12.1 Å². The Balaban J connectivity index is 2.26. The first-order valence-corrected chi connectivity index (χ1v) is 11.8. The summed E-state index contributed by atoms with van der Waals surface area (Å²) in [7, 11) is 0. The molecule has 12 heteroatoms. The number of carboxylic acids is 1. The summed E-state index contributed by atoms with van der Waals surface area (Å²) in [6.45, 7) is 3.96. The molecule has 4 atom stereocenters. The summed E-state index contributed by atoms with van der Waals surface area (Å²) < 4.78 is 0. The number of nitrogens with one attached hydrogen (secondary N) is 2. The molecule has 0 aromatic heterocycles. The predicted molar refractivity (Wildman–Crippen MR) is 129 cm³/mol. The topological polar surface area (TPSA) is 205 Å². The van der Waals surface area contributed by atoms with Crippen molar-refractivity contribution >= 4 is 29.6 Å². The van der Waals surface area contributed by atoms with Crippen LogP contribution in [0, 0.1) is 5.92 Å². The van der Waals surface area contributed by atoms with Crippen LogP contribution in [0.5, 0.6) is 5.75 Å². The van der Waals surface area contributed by atoms with E-state index in [0.717, 1.165) is 4.90 Å². The van der Waals surface area contributed by atoms with E-state index in [4.69, 9.17) is 11.5 Å². The zero-order chi connectivity index (χ0) is 27.0. The molecule has 8 N–H and O–H groups in total. The Morgan fingerprint density at radius 1 is 1.06 bits per heavy atom. The maximum atomic E-state index is 13.3. The van der Waals surface area contributed by atoms with E-state index in [9.17, 15) is 34.2 Å². The molecule has 0 radical (unpaired) electrons. The Kier molecular flexibility index (Phi) is 10.2. The summed E-state index contributed by atoms with van der Waals surface area (Å²) in [4.78, 5) is 63.4. The molecule has 4 amide bonds. The van der Waals surface area contributed by atoms with Crippen LogP contribution in [0.25, 0.3) is 0 Å². The number of phenolic OH excluding ortho intramolecular Hbond substituents is 1. The quantitative estimate of drug-likeness (QED) is 0.212. The molecule has 1 saturated heterocycles. The summed E-state index contributed by atoms with van der Waals surface area (Å²) in [5.41, 5.74) is 11.9. The van der Waals surface area contributed by atoms with Gasteiger partial charge in [-0.05, 0) is 42.9 Å². The lowest BCUT2D eigenvalue weighted by molar-refractivity contribution is -0.149. The Morgan fingerprint density at radius 2 is 1.67 bits per heavy atom. The van der Waals surface area contributed by atoms with Crippen LogP contribution in [-0.2, 0) is 30.4 Å². The minimum Gasteiger partial charge on any atom is -0.508 e. The highest BCUT2D eigenvalue weighted by atomic mass is 16.4. The first-order chi connectivity index (χ1) is 16.9. The van der Waals surface area contributed by atoms with Crippen LogP contribution in [-0.4, -0.2) is 75.4 Å². The van der Waals surface area contributed by atoms with Gasteiger partial charge in [0.05, 0.1) is 12.5 Å². The first kappa shape index (κ1) is 28.6. The number of aliphatic carboxylic acids is 1. The third-order valence-electron chi connectivity index (χ3n) is 5.91. The van der Waals surface area contributed by atoms with Crippen molar-refractivity contribution in [2.24, 2.45) is 17.4 Å². The van der Waals surface area contributed by atoms with E-state index in [0.29, 0.717) is 18.4 Å². The van der Waals surface area contributed by atoms with Gasteiger partial charge in [-0.3, -0.25) is 19.2 Å². The van der Waals surface area contributed by atoms with Crippen LogP contribution in [0.4, 0.5) is 0 Å². The molecular weight excluding hydrogens is 470 g/mol. The van der Waals surface area contributed by atoms with Gasteiger partial charge in [0.2, 0.25) is 23.6 Å². The highest BCUT2D eigenvalue weighted by Crippen LogP contribution is 2.19. The van der Waals surface area contributed by atoms with E-state index >= 15 is 0 Å². The zero-order valence-electron chi connectivity index (χ0n) is 20.5. The van der Waals surface area contributed by atoms with Crippen molar-refractivity contribution in [2.75, 3.05) is 6.54 Å². The van der Waals surface area contributed by atoms with E-state index < -0.39 is 60.2 Å². The lowest BCUT2D eigenvalue weighted by Gasteiger charge is -2.28. The zero-order valence-corrected chi connectivity index (χ0v) is 20.5. The smallest absolute Gasteiger partial charge is 0.326 e. The van der Waals surface area contributed by atoms with Gasteiger partial charge in [0.25, 0.3) is 0 Å². The van der Waals surface area contributed by atoms with Gasteiger partial charge < -0.3 is 37.2 Å². The number of amides is 4. The van der Waals surface area contributed by atoms with Crippen LogP contribution in [0.2, 0.25) is 0 Å². The molecule has 0 saturated carbocycles. The largest absolute Gasteiger partial charge is 0.508 e. The van der Waals surface area contributed by atoms with Crippen molar-refractivity contribution in [3.05, 3.63) is 29.8 Å². The fourth-order valence-corrected chi connectivity index (χ4v) is 4.13. The van der Waals surface area contributed by atoms with E-state index in [2.05, 4.69) is 10.6 Å². The van der Waals surface area contributed by atoms with Gasteiger partial charge >= 0.3 is 5.97 Å². The normalized spacial score (nSPS) is 17.8.